The highest BCUT2D eigenvalue weighted by molar-refractivity contribution is 4.96. The molecule has 0 aromatic rings. The van der Waals surface area contributed by atoms with Crippen LogP contribution in [-0.2, 0) is 0 Å². The minimum atomic E-state index is 1.10. The third kappa shape index (κ3) is 18.9. The van der Waals surface area contributed by atoms with E-state index in [1.807, 2.05) is 6.08 Å². The van der Waals surface area contributed by atoms with Crippen molar-refractivity contribution in [2.45, 2.75) is 13.3 Å². The Hall–Kier alpha value is -0.780. The second kappa shape index (κ2) is 16.3. The van der Waals surface area contributed by atoms with Crippen LogP contribution >= 0.6 is 0 Å². The molecule has 8 heavy (non-hydrogen) atoms. The molecular formula is C8H14. The van der Waals surface area contributed by atoms with Crippen molar-refractivity contribution in [2.24, 2.45) is 0 Å². The van der Waals surface area contributed by atoms with Gasteiger partial charge in [0, 0.05) is 0 Å². The maximum absolute atomic E-state index is 3.51. The standard InChI is InChI=1S/C6H10.C2H4/c1-3-5-6-4-2;1-2/h3,5-6H,1,4H2,2H3;1-2H2. The van der Waals surface area contributed by atoms with Gasteiger partial charge in [0.25, 0.3) is 0 Å². The first-order valence-electron chi connectivity index (χ1n) is 2.69. The van der Waals surface area contributed by atoms with Gasteiger partial charge in [0.1, 0.15) is 0 Å². The number of allylic oxidation sites excluding steroid dienone is 3. The Bertz CT molecular complexity index is 60.4. The monoisotopic (exact) mass is 110 g/mol. The van der Waals surface area contributed by atoms with Gasteiger partial charge < -0.3 is 0 Å². The molecule has 0 saturated heterocycles. The molecule has 0 fully saturated rings. The fourth-order valence-corrected chi connectivity index (χ4v) is 0.232. The summed E-state index contributed by atoms with van der Waals surface area (Å²) in [5.74, 6) is 0. The lowest BCUT2D eigenvalue weighted by atomic mass is 10.4. The number of hydrogen-bond donors (Lipinski definition) is 0. The summed E-state index contributed by atoms with van der Waals surface area (Å²) in [5, 5.41) is 0. The van der Waals surface area contributed by atoms with E-state index in [1.54, 1.807) is 6.08 Å². The van der Waals surface area contributed by atoms with E-state index >= 15 is 0 Å². The van der Waals surface area contributed by atoms with Crippen LogP contribution in [0.1, 0.15) is 13.3 Å². The normalized spacial score (nSPS) is 7.62. The number of rotatable bonds is 2. The molecule has 0 amide bonds. The fraction of sp³-hybridized carbons (Fsp3) is 0.250. The lowest BCUT2D eigenvalue weighted by molar-refractivity contribution is 1.22. The summed E-state index contributed by atoms with van der Waals surface area (Å²) in [4.78, 5) is 0. The second-order valence-corrected chi connectivity index (χ2v) is 1.07. The van der Waals surface area contributed by atoms with Gasteiger partial charge in [0.15, 0.2) is 0 Å². The summed E-state index contributed by atoms with van der Waals surface area (Å²) < 4.78 is 0. The maximum Gasteiger partial charge on any atom is -0.0376 e. The molecule has 0 heterocycles. The highest BCUT2D eigenvalue weighted by Crippen LogP contribution is 1.76. The van der Waals surface area contributed by atoms with Gasteiger partial charge in [0.2, 0.25) is 0 Å². The summed E-state index contributed by atoms with van der Waals surface area (Å²) in [6, 6.07) is 0. The molecule has 0 aromatic heterocycles. The van der Waals surface area contributed by atoms with Crippen molar-refractivity contribution in [3.63, 3.8) is 0 Å². The van der Waals surface area contributed by atoms with Crippen LogP contribution in [-0.4, -0.2) is 0 Å². The Kier molecular flexibility index (Phi) is 20.9. The highest BCUT2D eigenvalue weighted by atomic mass is 13.6. The maximum atomic E-state index is 3.51. The van der Waals surface area contributed by atoms with Crippen molar-refractivity contribution in [3.8, 4) is 0 Å². The van der Waals surface area contributed by atoms with Crippen LogP contribution in [0, 0.1) is 0 Å². The molecule has 0 atom stereocenters. The van der Waals surface area contributed by atoms with Crippen LogP contribution in [0.5, 0.6) is 0 Å². The lowest BCUT2D eigenvalue weighted by Gasteiger charge is -1.67. The van der Waals surface area contributed by atoms with E-state index < -0.39 is 0 Å². The zero-order valence-electron chi connectivity index (χ0n) is 5.56. The molecule has 0 bridgehead atoms. The van der Waals surface area contributed by atoms with Gasteiger partial charge in [-0.15, -0.1) is 13.2 Å². The van der Waals surface area contributed by atoms with Crippen LogP contribution in [0.3, 0.4) is 0 Å². The minimum Gasteiger partial charge on any atom is -0.106 e. The molecule has 0 heteroatoms. The van der Waals surface area contributed by atoms with E-state index in [0.29, 0.717) is 0 Å². The molecule has 0 aromatic carbocycles. The fourth-order valence-electron chi connectivity index (χ4n) is 0.232. The second-order valence-electron chi connectivity index (χ2n) is 1.07. The molecule has 0 N–H and O–H groups in total. The van der Waals surface area contributed by atoms with E-state index in [1.165, 1.54) is 0 Å². The third-order valence-corrected chi connectivity index (χ3v) is 0.508. The van der Waals surface area contributed by atoms with E-state index in [4.69, 9.17) is 0 Å². The molecule has 0 spiro atoms. The van der Waals surface area contributed by atoms with Crippen LogP contribution in [0.2, 0.25) is 0 Å². The zero-order chi connectivity index (χ0) is 6.83. The van der Waals surface area contributed by atoms with Gasteiger partial charge in [-0.3, -0.25) is 0 Å². The molecule has 46 valence electrons. The van der Waals surface area contributed by atoms with Crippen molar-refractivity contribution < 1.29 is 0 Å². The summed E-state index contributed by atoms with van der Waals surface area (Å²) in [6.07, 6.45) is 6.89. The Morgan fingerprint density at radius 2 is 1.88 bits per heavy atom. The first-order valence-corrected chi connectivity index (χ1v) is 2.69. The highest BCUT2D eigenvalue weighted by Gasteiger charge is 1.55. The van der Waals surface area contributed by atoms with E-state index in [9.17, 15) is 0 Å². The molecule has 0 unspecified atom stereocenters. The average molecular weight is 110 g/mol. The molecule has 0 saturated carbocycles. The van der Waals surface area contributed by atoms with Crippen molar-refractivity contribution in [1.82, 2.24) is 0 Å². The molecule has 0 aliphatic rings. The Balaban J connectivity index is 0. The van der Waals surface area contributed by atoms with Gasteiger partial charge in [-0.2, -0.15) is 0 Å². The van der Waals surface area contributed by atoms with Gasteiger partial charge >= 0.3 is 0 Å². The van der Waals surface area contributed by atoms with Crippen molar-refractivity contribution in [2.75, 3.05) is 0 Å². The SMILES string of the molecule is C=C.C=CC=CCC. The van der Waals surface area contributed by atoms with Crippen molar-refractivity contribution in [1.29, 1.82) is 0 Å². The summed E-state index contributed by atoms with van der Waals surface area (Å²) in [7, 11) is 0. The first-order chi connectivity index (χ1) is 3.91. The topological polar surface area (TPSA) is 0 Å². The van der Waals surface area contributed by atoms with E-state index in [-0.39, 0.29) is 0 Å². The lowest BCUT2D eigenvalue weighted by Crippen LogP contribution is -1.46. The largest absolute Gasteiger partial charge is 0.106 e. The molecule has 0 radical (unpaired) electrons. The van der Waals surface area contributed by atoms with Crippen molar-refractivity contribution >= 4 is 0 Å². The predicted octanol–water partition coefficient (Wildman–Crippen LogP) is 2.94. The predicted molar refractivity (Wildman–Crippen MR) is 40.9 cm³/mol. The quantitative estimate of drug-likeness (QED) is 0.378. The van der Waals surface area contributed by atoms with Gasteiger partial charge in [-0.1, -0.05) is 31.7 Å². The smallest absolute Gasteiger partial charge is 0.0376 e. The first kappa shape index (κ1) is 10.3. The zero-order valence-corrected chi connectivity index (χ0v) is 5.56. The Morgan fingerprint density at radius 3 is 2.00 bits per heavy atom. The average Bonchev–Trinajstić information content (AvgIpc) is 1.88. The van der Waals surface area contributed by atoms with Gasteiger partial charge in [-0.05, 0) is 6.42 Å². The molecule has 0 nitrogen and oxygen atoms in total. The van der Waals surface area contributed by atoms with Crippen LogP contribution in [0.4, 0.5) is 0 Å². The van der Waals surface area contributed by atoms with Crippen molar-refractivity contribution in [3.05, 3.63) is 38.0 Å². The van der Waals surface area contributed by atoms with Crippen LogP contribution < -0.4 is 0 Å². The third-order valence-electron chi connectivity index (χ3n) is 0.508. The summed E-state index contributed by atoms with van der Waals surface area (Å²) in [6.45, 7) is 11.6. The van der Waals surface area contributed by atoms with Gasteiger partial charge in [-0.25, -0.2) is 0 Å². The molecule has 0 rings (SSSR count). The van der Waals surface area contributed by atoms with Crippen LogP contribution in [0.15, 0.2) is 38.0 Å². The Labute approximate surface area is 52.2 Å². The molecule has 0 aliphatic carbocycles. The summed E-state index contributed by atoms with van der Waals surface area (Å²) in [5.41, 5.74) is 0. The van der Waals surface area contributed by atoms with E-state index in [2.05, 4.69) is 32.7 Å². The number of hydrogen-bond acceptors (Lipinski definition) is 0. The van der Waals surface area contributed by atoms with Crippen LogP contribution in [0.25, 0.3) is 0 Å². The minimum absolute atomic E-state index is 1.10. The molecule has 0 aliphatic heterocycles. The van der Waals surface area contributed by atoms with Gasteiger partial charge in [0.05, 0.1) is 0 Å². The Morgan fingerprint density at radius 1 is 1.38 bits per heavy atom. The van der Waals surface area contributed by atoms with E-state index in [0.717, 1.165) is 6.42 Å². The summed E-state index contributed by atoms with van der Waals surface area (Å²) >= 11 is 0. The molecular weight excluding hydrogens is 96.1 g/mol.